The second kappa shape index (κ2) is 6.47. The van der Waals surface area contributed by atoms with Gasteiger partial charge in [0.05, 0.1) is 11.6 Å². The molecule has 0 spiro atoms. The fourth-order valence-corrected chi connectivity index (χ4v) is 2.29. The molecule has 0 aliphatic rings. The van der Waals surface area contributed by atoms with E-state index in [1.807, 2.05) is 26.0 Å². The molecule has 2 aromatic rings. The summed E-state index contributed by atoms with van der Waals surface area (Å²) in [6, 6.07) is 12.6. The minimum absolute atomic E-state index is 0.0576. The van der Waals surface area contributed by atoms with Crippen LogP contribution in [0.3, 0.4) is 0 Å². The number of halogens is 2. The van der Waals surface area contributed by atoms with Crippen molar-refractivity contribution >= 4 is 0 Å². The summed E-state index contributed by atoms with van der Waals surface area (Å²) >= 11 is 0. The van der Waals surface area contributed by atoms with E-state index in [-0.39, 0.29) is 12.1 Å². The van der Waals surface area contributed by atoms with Crippen LogP contribution in [0.5, 0.6) is 0 Å². The minimum Gasteiger partial charge on any atom is -0.304 e. The second-order valence-corrected chi connectivity index (χ2v) is 5.01. The summed E-state index contributed by atoms with van der Waals surface area (Å²) in [5.41, 5.74) is 1.95. The van der Waals surface area contributed by atoms with Crippen LogP contribution in [0.15, 0.2) is 42.5 Å². The summed E-state index contributed by atoms with van der Waals surface area (Å²) in [4.78, 5) is 0. The van der Waals surface area contributed by atoms with Crippen molar-refractivity contribution in [2.75, 3.05) is 0 Å². The summed E-state index contributed by atoms with van der Waals surface area (Å²) < 4.78 is 26.7. The van der Waals surface area contributed by atoms with Crippen molar-refractivity contribution < 1.29 is 8.78 Å². The highest BCUT2D eigenvalue weighted by atomic mass is 19.1. The van der Waals surface area contributed by atoms with Gasteiger partial charge in [0.25, 0.3) is 0 Å². The molecule has 0 bridgehead atoms. The highest BCUT2D eigenvalue weighted by molar-refractivity contribution is 5.34. The summed E-state index contributed by atoms with van der Waals surface area (Å²) in [5, 5.41) is 12.2. The lowest BCUT2D eigenvalue weighted by molar-refractivity contribution is 0.470. The number of nitrogens with zero attached hydrogens (tertiary/aromatic N) is 1. The normalized spacial score (nSPS) is 13.5. The van der Waals surface area contributed by atoms with Crippen molar-refractivity contribution in [2.24, 2.45) is 0 Å². The number of rotatable bonds is 4. The molecular formula is C17H16F2N2. The number of benzene rings is 2. The predicted molar refractivity (Wildman–Crippen MR) is 77.5 cm³/mol. The third kappa shape index (κ3) is 3.65. The van der Waals surface area contributed by atoms with Crippen LogP contribution in [0.4, 0.5) is 8.78 Å². The number of nitriles is 1. The molecule has 0 saturated carbocycles. The Kier molecular flexibility index (Phi) is 4.66. The van der Waals surface area contributed by atoms with Crippen molar-refractivity contribution in [2.45, 2.75) is 25.9 Å². The Hall–Kier alpha value is -2.25. The molecule has 0 aliphatic carbocycles. The Morgan fingerprint density at radius 1 is 1.05 bits per heavy atom. The minimum atomic E-state index is -0.585. The van der Waals surface area contributed by atoms with Crippen molar-refractivity contribution in [3.8, 4) is 6.07 Å². The standard InChI is InChI=1S/C17H16F2N2/c1-11(14-5-3-4-13(8-14)10-20)21-12(2)16-7-6-15(18)9-17(16)19/h3-9,11-12,21H,1-2H3. The van der Waals surface area contributed by atoms with Gasteiger partial charge in [-0.1, -0.05) is 18.2 Å². The Bertz CT molecular complexity index is 677. The van der Waals surface area contributed by atoms with Crippen LogP contribution >= 0.6 is 0 Å². The molecule has 2 rings (SSSR count). The largest absolute Gasteiger partial charge is 0.304 e. The molecule has 0 heterocycles. The molecular weight excluding hydrogens is 270 g/mol. The Morgan fingerprint density at radius 3 is 2.48 bits per heavy atom. The summed E-state index contributed by atoms with van der Waals surface area (Å²) in [5.74, 6) is -1.15. The van der Waals surface area contributed by atoms with Gasteiger partial charge in [0.1, 0.15) is 11.6 Å². The topological polar surface area (TPSA) is 35.8 Å². The molecule has 0 amide bonds. The van der Waals surface area contributed by atoms with Crippen LogP contribution in [-0.4, -0.2) is 0 Å². The zero-order chi connectivity index (χ0) is 15.4. The molecule has 0 saturated heterocycles. The predicted octanol–water partition coefficient (Wildman–Crippen LogP) is 4.25. The van der Waals surface area contributed by atoms with Gasteiger partial charge in [-0.15, -0.1) is 0 Å². The lowest BCUT2D eigenvalue weighted by atomic mass is 10.0. The molecule has 0 aliphatic heterocycles. The fourth-order valence-electron chi connectivity index (χ4n) is 2.29. The van der Waals surface area contributed by atoms with Crippen LogP contribution < -0.4 is 5.32 Å². The van der Waals surface area contributed by atoms with Gasteiger partial charge >= 0.3 is 0 Å². The first kappa shape index (κ1) is 15.1. The van der Waals surface area contributed by atoms with E-state index in [1.165, 1.54) is 12.1 Å². The van der Waals surface area contributed by atoms with Gasteiger partial charge < -0.3 is 5.32 Å². The van der Waals surface area contributed by atoms with Gasteiger partial charge in [-0.3, -0.25) is 0 Å². The molecule has 2 atom stereocenters. The van der Waals surface area contributed by atoms with Gasteiger partial charge in [0.15, 0.2) is 0 Å². The van der Waals surface area contributed by atoms with Crippen molar-refractivity contribution in [1.82, 2.24) is 5.32 Å². The Labute approximate surface area is 123 Å². The van der Waals surface area contributed by atoms with Gasteiger partial charge in [-0.2, -0.15) is 5.26 Å². The molecule has 2 unspecified atom stereocenters. The fraction of sp³-hybridized carbons (Fsp3) is 0.235. The van der Waals surface area contributed by atoms with Crippen molar-refractivity contribution in [3.63, 3.8) is 0 Å². The molecule has 21 heavy (non-hydrogen) atoms. The zero-order valence-electron chi connectivity index (χ0n) is 11.9. The van der Waals surface area contributed by atoms with E-state index in [9.17, 15) is 8.78 Å². The van der Waals surface area contributed by atoms with Crippen molar-refractivity contribution in [1.29, 1.82) is 5.26 Å². The number of hydrogen-bond donors (Lipinski definition) is 1. The van der Waals surface area contributed by atoms with E-state index < -0.39 is 11.6 Å². The van der Waals surface area contributed by atoms with Gasteiger partial charge in [0, 0.05) is 23.7 Å². The monoisotopic (exact) mass is 286 g/mol. The van der Waals surface area contributed by atoms with Crippen LogP contribution in [0.2, 0.25) is 0 Å². The Morgan fingerprint density at radius 2 is 1.81 bits per heavy atom. The Balaban J connectivity index is 2.14. The van der Waals surface area contributed by atoms with Crippen LogP contribution in [-0.2, 0) is 0 Å². The average molecular weight is 286 g/mol. The maximum Gasteiger partial charge on any atom is 0.130 e. The van der Waals surface area contributed by atoms with Gasteiger partial charge in [-0.25, -0.2) is 8.78 Å². The smallest absolute Gasteiger partial charge is 0.130 e. The SMILES string of the molecule is CC(NC(C)c1ccc(F)cc1F)c1cccc(C#N)c1. The third-order valence-electron chi connectivity index (χ3n) is 3.44. The molecule has 1 N–H and O–H groups in total. The van der Waals surface area contributed by atoms with E-state index in [0.29, 0.717) is 11.1 Å². The summed E-state index contributed by atoms with van der Waals surface area (Å²) in [6.45, 7) is 3.76. The number of nitrogens with one attached hydrogen (secondary N) is 1. The molecule has 2 aromatic carbocycles. The first-order valence-corrected chi connectivity index (χ1v) is 6.72. The molecule has 2 nitrogen and oxygen atoms in total. The van der Waals surface area contributed by atoms with Gasteiger partial charge in [-0.05, 0) is 37.6 Å². The van der Waals surface area contributed by atoms with Crippen LogP contribution in [0, 0.1) is 23.0 Å². The highest BCUT2D eigenvalue weighted by Gasteiger charge is 2.15. The summed E-state index contributed by atoms with van der Waals surface area (Å²) in [6.07, 6.45) is 0. The average Bonchev–Trinajstić information content (AvgIpc) is 2.47. The number of hydrogen-bond acceptors (Lipinski definition) is 2. The summed E-state index contributed by atoms with van der Waals surface area (Å²) in [7, 11) is 0. The quantitative estimate of drug-likeness (QED) is 0.912. The highest BCUT2D eigenvalue weighted by Crippen LogP contribution is 2.22. The first-order valence-electron chi connectivity index (χ1n) is 6.72. The van der Waals surface area contributed by atoms with Gasteiger partial charge in [0.2, 0.25) is 0 Å². The molecule has 4 heteroatoms. The van der Waals surface area contributed by atoms with Crippen LogP contribution in [0.25, 0.3) is 0 Å². The van der Waals surface area contributed by atoms with Crippen molar-refractivity contribution in [3.05, 3.63) is 70.8 Å². The molecule has 0 aromatic heterocycles. The van der Waals surface area contributed by atoms with E-state index in [2.05, 4.69) is 11.4 Å². The molecule has 108 valence electrons. The third-order valence-corrected chi connectivity index (χ3v) is 3.44. The van der Waals surface area contributed by atoms with E-state index in [4.69, 9.17) is 5.26 Å². The lowest BCUT2D eigenvalue weighted by Crippen LogP contribution is -2.23. The first-order chi connectivity index (χ1) is 10.0. The second-order valence-electron chi connectivity index (χ2n) is 5.01. The lowest BCUT2D eigenvalue weighted by Gasteiger charge is -2.21. The van der Waals surface area contributed by atoms with E-state index >= 15 is 0 Å². The zero-order valence-corrected chi connectivity index (χ0v) is 11.9. The molecule has 0 fully saturated rings. The maximum absolute atomic E-state index is 13.7. The van der Waals surface area contributed by atoms with Crippen LogP contribution in [0.1, 0.15) is 42.6 Å². The molecule has 0 radical (unpaired) electrons. The van der Waals surface area contributed by atoms with E-state index in [1.54, 1.807) is 12.1 Å². The maximum atomic E-state index is 13.7. The van der Waals surface area contributed by atoms with E-state index in [0.717, 1.165) is 11.6 Å².